The van der Waals surface area contributed by atoms with Crippen molar-refractivity contribution in [1.82, 2.24) is 4.90 Å². The topological polar surface area (TPSA) is 63.4 Å². The average Bonchev–Trinajstić information content (AvgIpc) is 3.11. The van der Waals surface area contributed by atoms with E-state index < -0.39 is 6.04 Å². The molecule has 3 fully saturated rings. The first-order chi connectivity index (χ1) is 18.7. The molecule has 4 unspecified atom stereocenters. The molecular weight excluding hydrogens is 574 g/mol. The van der Waals surface area contributed by atoms with E-state index in [-0.39, 0.29) is 29.6 Å². The second-order valence-corrected chi connectivity index (χ2v) is 12.0. The Balaban J connectivity index is 1.51. The molecule has 3 aromatic rings. The number of halogens is 4. The van der Waals surface area contributed by atoms with Gasteiger partial charge in [-0.3, -0.25) is 9.59 Å². The molecule has 0 spiro atoms. The van der Waals surface area contributed by atoms with E-state index in [1.165, 1.54) is 0 Å². The molecule has 1 amide bonds. The predicted octanol–water partition coefficient (Wildman–Crippen LogP) is 7.30. The molecule has 1 aliphatic carbocycles. The van der Waals surface area contributed by atoms with Crippen molar-refractivity contribution < 1.29 is 9.59 Å². The molecule has 2 N–H and O–H groups in total. The van der Waals surface area contributed by atoms with Crippen molar-refractivity contribution in [2.24, 2.45) is 17.6 Å². The monoisotopic (exact) mass is 600 g/mol. The molecule has 6 rings (SSSR count). The van der Waals surface area contributed by atoms with Gasteiger partial charge in [0.15, 0.2) is 5.78 Å². The Labute approximate surface area is 248 Å². The molecule has 4 atom stereocenters. The molecule has 4 nitrogen and oxygen atoms in total. The van der Waals surface area contributed by atoms with Crippen LogP contribution in [0.4, 0.5) is 0 Å². The summed E-state index contributed by atoms with van der Waals surface area (Å²) in [5.41, 5.74) is 9.75. The van der Waals surface area contributed by atoms with E-state index in [2.05, 4.69) is 0 Å². The lowest BCUT2D eigenvalue weighted by Crippen LogP contribution is -2.53. The SMILES string of the molecule is NC(Cc1ccccc1)C(=O)N1CC2CCC1C(=Cc1ccc(Cl)c(Cl)c1)C(=O)C2Cc1ccc(Cl)c(Cl)c1. The maximum atomic E-state index is 14.2. The van der Waals surface area contributed by atoms with Gasteiger partial charge >= 0.3 is 0 Å². The van der Waals surface area contributed by atoms with Gasteiger partial charge in [-0.1, -0.05) is 88.9 Å². The fourth-order valence-electron chi connectivity index (χ4n) is 5.78. The van der Waals surface area contributed by atoms with Crippen molar-refractivity contribution in [2.75, 3.05) is 6.54 Å². The van der Waals surface area contributed by atoms with Crippen LogP contribution in [0.15, 0.2) is 72.3 Å². The second-order valence-electron chi connectivity index (χ2n) is 10.3. The molecule has 0 aromatic heterocycles. The number of nitrogens with zero attached hydrogens (tertiary/aromatic N) is 1. The van der Waals surface area contributed by atoms with Crippen LogP contribution in [0.25, 0.3) is 6.08 Å². The zero-order chi connectivity index (χ0) is 27.7. The summed E-state index contributed by atoms with van der Waals surface area (Å²) in [6, 6.07) is 19.4. The predicted molar refractivity (Wildman–Crippen MR) is 159 cm³/mol. The first-order valence-electron chi connectivity index (χ1n) is 13.0. The van der Waals surface area contributed by atoms with Crippen LogP contribution in [-0.2, 0) is 22.4 Å². The largest absolute Gasteiger partial charge is 0.334 e. The number of nitrogens with two attached hydrogens (primary N) is 1. The van der Waals surface area contributed by atoms with Crippen LogP contribution >= 0.6 is 46.4 Å². The van der Waals surface area contributed by atoms with Gasteiger partial charge in [0.2, 0.25) is 5.91 Å². The number of hydrogen-bond donors (Lipinski definition) is 1. The molecule has 0 radical (unpaired) electrons. The normalized spacial score (nSPS) is 22.7. The molecule has 3 aromatic carbocycles. The summed E-state index contributed by atoms with van der Waals surface area (Å²) < 4.78 is 0. The first kappa shape index (κ1) is 28.2. The van der Waals surface area contributed by atoms with Crippen molar-refractivity contribution in [3.63, 3.8) is 0 Å². The number of benzene rings is 3. The van der Waals surface area contributed by atoms with Crippen LogP contribution in [0.2, 0.25) is 20.1 Å². The molecule has 2 aliphatic heterocycles. The summed E-state index contributed by atoms with van der Waals surface area (Å²) >= 11 is 24.9. The van der Waals surface area contributed by atoms with Crippen LogP contribution in [0.3, 0.4) is 0 Å². The number of Topliss-reactive ketones (excluding diaryl/α,β-unsaturated/α-hetero) is 1. The zero-order valence-electron chi connectivity index (χ0n) is 21.1. The lowest BCUT2D eigenvalue weighted by atomic mass is 9.81. The Kier molecular flexibility index (Phi) is 8.70. The van der Waals surface area contributed by atoms with E-state index in [0.29, 0.717) is 51.5 Å². The van der Waals surface area contributed by atoms with Crippen molar-refractivity contribution >= 4 is 64.2 Å². The molecule has 1 saturated carbocycles. The van der Waals surface area contributed by atoms with E-state index in [1.807, 2.05) is 59.5 Å². The molecular formula is C31H28Cl4N2O2. The van der Waals surface area contributed by atoms with Crippen LogP contribution in [0, 0.1) is 11.8 Å². The van der Waals surface area contributed by atoms with Crippen LogP contribution in [-0.4, -0.2) is 35.2 Å². The van der Waals surface area contributed by atoms with E-state index in [0.717, 1.165) is 23.1 Å². The molecule has 2 heterocycles. The van der Waals surface area contributed by atoms with Gasteiger partial charge in [0, 0.05) is 18.0 Å². The summed E-state index contributed by atoms with van der Waals surface area (Å²) in [4.78, 5) is 29.8. The van der Waals surface area contributed by atoms with Crippen molar-refractivity contribution in [2.45, 2.75) is 37.8 Å². The van der Waals surface area contributed by atoms with Gasteiger partial charge in [-0.25, -0.2) is 0 Å². The molecule has 2 bridgehead atoms. The highest BCUT2D eigenvalue weighted by Gasteiger charge is 2.46. The number of carbonyl (C=O) groups excluding carboxylic acids is 2. The molecule has 8 heteroatoms. The fourth-order valence-corrected chi connectivity index (χ4v) is 6.41. The number of fused-ring (bicyclic) bond motifs is 4. The molecule has 202 valence electrons. The fraction of sp³-hybridized carbons (Fsp3) is 0.290. The van der Waals surface area contributed by atoms with Crippen molar-refractivity contribution in [3.05, 3.63) is 109 Å². The quantitative estimate of drug-likeness (QED) is 0.301. The highest BCUT2D eigenvalue weighted by atomic mass is 35.5. The van der Waals surface area contributed by atoms with Gasteiger partial charge < -0.3 is 10.6 Å². The number of carbonyl (C=O) groups is 2. The standard InChI is InChI=1S/C31H28Cl4N2O2/c32-24-9-6-19(14-26(24)34)12-22-21-8-11-29(23(30(22)38)13-20-7-10-25(33)27(35)15-20)37(17-21)31(39)28(36)16-18-4-2-1-3-5-18/h1-7,9-10,13-15,21-22,28-29H,8,11-12,16-17,36H2. The van der Waals surface area contributed by atoms with Crippen molar-refractivity contribution in [1.29, 1.82) is 0 Å². The summed E-state index contributed by atoms with van der Waals surface area (Å²) in [5.74, 6) is -0.427. The highest BCUT2D eigenvalue weighted by molar-refractivity contribution is 6.42. The van der Waals surface area contributed by atoms with E-state index in [4.69, 9.17) is 52.1 Å². The Morgan fingerprint density at radius 3 is 2.28 bits per heavy atom. The average molecular weight is 602 g/mol. The van der Waals surface area contributed by atoms with Crippen molar-refractivity contribution in [3.8, 4) is 0 Å². The van der Waals surface area contributed by atoms with E-state index in [1.54, 1.807) is 18.2 Å². The summed E-state index contributed by atoms with van der Waals surface area (Å²) in [6.45, 7) is 0.475. The highest BCUT2D eigenvalue weighted by Crippen LogP contribution is 2.41. The maximum absolute atomic E-state index is 14.2. The Bertz CT molecular complexity index is 1430. The molecule has 2 saturated heterocycles. The third-order valence-electron chi connectivity index (χ3n) is 7.77. The number of piperidine rings is 1. The number of rotatable bonds is 6. The zero-order valence-corrected chi connectivity index (χ0v) is 24.1. The Morgan fingerprint density at radius 2 is 1.59 bits per heavy atom. The molecule has 39 heavy (non-hydrogen) atoms. The van der Waals surface area contributed by atoms with Gasteiger partial charge in [-0.2, -0.15) is 0 Å². The summed E-state index contributed by atoms with van der Waals surface area (Å²) in [7, 11) is 0. The lowest BCUT2D eigenvalue weighted by molar-refractivity contribution is -0.136. The Morgan fingerprint density at radius 1 is 0.897 bits per heavy atom. The van der Waals surface area contributed by atoms with Gasteiger partial charge in [0.1, 0.15) is 0 Å². The number of amides is 1. The summed E-state index contributed by atoms with van der Waals surface area (Å²) in [6.07, 6.45) is 4.31. The van der Waals surface area contributed by atoms with Gasteiger partial charge in [-0.05, 0) is 78.6 Å². The third kappa shape index (κ3) is 6.21. The minimum absolute atomic E-state index is 0.00390. The second kappa shape index (κ2) is 12.0. The van der Waals surface area contributed by atoms with Gasteiger partial charge in [0.25, 0.3) is 0 Å². The lowest BCUT2D eigenvalue weighted by Gasteiger charge is -2.39. The minimum atomic E-state index is -0.707. The minimum Gasteiger partial charge on any atom is -0.334 e. The smallest absolute Gasteiger partial charge is 0.240 e. The van der Waals surface area contributed by atoms with Crippen LogP contribution in [0.1, 0.15) is 29.5 Å². The number of ketones is 1. The first-order valence-corrected chi connectivity index (χ1v) is 14.5. The maximum Gasteiger partial charge on any atom is 0.240 e. The number of hydrogen-bond acceptors (Lipinski definition) is 3. The van der Waals surface area contributed by atoms with E-state index in [9.17, 15) is 9.59 Å². The van der Waals surface area contributed by atoms with E-state index >= 15 is 0 Å². The summed E-state index contributed by atoms with van der Waals surface area (Å²) in [5, 5.41) is 1.77. The third-order valence-corrected chi connectivity index (χ3v) is 9.25. The molecule has 3 aliphatic rings. The van der Waals surface area contributed by atoms with Crippen LogP contribution in [0.5, 0.6) is 0 Å². The van der Waals surface area contributed by atoms with Gasteiger partial charge in [0.05, 0.1) is 32.2 Å². The Hall–Kier alpha value is -2.34. The van der Waals surface area contributed by atoms with Gasteiger partial charge in [-0.15, -0.1) is 0 Å². The van der Waals surface area contributed by atoms with Crippen LogP contribution < -0.4 is 5.73 Å².